The lowest BCUT2D eigenvalue weighted by Crippen LogP contribution is -2.36. The van der Waals surface area contributed by atoms with Crippen LogP contribution >= 0.6 is 11.6 Å². The van der Waals surface area contributed by atoms with E-state index in [9.17, 15) is 0 Å². The van der Waals surface area contributed by atoms with Gasteiger partial charge in [0.05, 0.1) is 11.3 Å². The van der Waals surface area contributed by atoms with Crippen molar-refractivity contribution in [3.63, 3.8) is 0 Å². The molecule has 3 nitrogen and oxygen atoms in total. The SMILES string of the molecule is CC1CCN(CCNc2ccc(Cl)cc2C#N)CC1. The van der Waals surface area contributed by atoms with Crippen LogP contribution in [0.2, 0.25) is 5.02 Å². The van der Waals surface area contributed by atoms with Gasteiger partial charge in [-0.05, 0) is 50.0 Å². The molecule has 19 heavy (non-hydrogen) atoms. The molecule has 0 spiro atoms. The first-order valence-corrected chi connectivity index (χ1v) is 7.22. The molecule has 0 radical (unpaired) electrons. The molecular weight excluding hydrogens is 258 g/mol. The van der Waals surface area contributed by atoms with Crippen molar-refractivity contribution in [2.45, 2.75) is 19.8 Å². The van der Waals surface area contributed by atoms with Crippen molar-refractivity contribution < 1.29 is 0 Å². The summed E-state index contributed by atoms with van der Waals surface area (Å²) in [5.74, 6) is 0.866. The zero-order valence-electron chi connectivity index (χ0n) is 11.3. The number of hydrogen-bond donors (Lipinski definition) is 1. The predicted molar refractivity (Wildman–Crippen MR) is 79.5 cm³/mol. The smallest absolute Gasteiger partial charge is 0.101 e. The van der Waals surface area contributed by atoms with Crippen LogP contribution in [0.3, 0.4) is 0 Å². The molecule has 1 fully saturated rings. The summed E-state index contributed by atoms with van der Waals surface area (Å²) in [6.07, 6.45) is 2.59. The van der Waals surface area contributed by atoms with Gasteiger partial charge >= 0.3 is 0 Å². The zero-order valence-corrected chi connectivity index (χ0v) is 12.1. The van der Waals surface area contributed by atoms with E-state index in [1.54, 1.807) is 6.07 Å². The van der Waals surface area contributed by atoms with Crippen molar-refractivity contribution in [1.29, 1.82) is 5.26 Å². The van der Waals surface area contributed by atoms with Crippen molar-refractivity contribution in [3.05, 3.63) is 28.8 Å². The number of halogens is 1. The topological polar surface area (TPSA) is 39.1 Å². The van der Waals surface area contributed by atoms with Gasteiger partial charge in [0.15, 0.2) is 0 Å². The van der Waals surface area contributed by atoms with Crippen LogP contribution in [0.1, 0.15) is 25.3 Å². The van der Waals surface area contributed by atoms with Gasteiger partial charge in [-0.1, -0.05) is 18.5 Å². The summed E-state index contributed by atoms with van der Waals surface area (Å²) >= 11 is 5.88. The van der Waals surface area contributed by atoms with Gasteiger partial charge in [0.2, 0.25) is 0 Å². The second kappa shape index (κ2) is 6.79. The molecule has 1 aromatic carbocycles. The van der Waals surface area contributed by atoms with E-state index in [1.165, 1.54) is 25.9 Å². The third-order valence-corrected chi connectivity index (χ3v) is 3.96. The van der Waals surface area contributed by atoms with E-state index in [0.717, 1.165) is 24.7 Å². The monoisotopic (exact) mass is 277 g/mol. The highest BCUT2D eigenvalue weighted by Crippen LogP contribution is 2.20. The molecule has 0 aromatic heterocycles. The second-order valence-electron chi connectivity index (χ2n) is 5.25. The molecule has 1 heterocycles. The van der Waals surface area contributed by atoms with Crippen molar-refractivity contribution in [2.75, 3.05) is 31.5 Å². The third kappa shape index (κ3) is 4.12. The lowest BCUT2D eigenvalue weighted by Gasteiger charge is -2.30. The molecule has 1 aromatic rings. The van der Waals surface area contributed by atoms with E-state index >= 15 is 0 Å². The Hall–Kier alpha value is -1.24. The Morgan fingerprint density at radius 2 is 2.16 bits per heavy atom. The third-order valence-electron chi connectivity index (χ3n) is 3.72. The van der Waals surface area contributed by atoms with Crippen molar-refractivity contribution in [1.82, 2.24) is 4.90 Å². The first kappa shape index (κ1) is 14.2. The van der Waals surface area contributed by atoms with E-state index in [0.29, 0.717) is 10.6 Å². The first-order chi connectivity index (χ1) is 9.19. The fraction of sp³-hybridized carbons (Fsp3) is 0.533. The molecule has 1 aliphatic heterocycles. The van der Waals surface area contributed by atoms with Crippen LogP contribution in [0.4, 0.5) is 5.69 Å². The van der Waals surface area contributed by atoms with Crippen LogP contribution in [-0.4, -0.2) is 31.1 Å². The summed E-state index contributed by atoms with van der Waals surface area (Å²) in [5, 5.41) is 13.0. The van der Waals surface area contributed by atoms with Gasteiger partial charge in [-0.3, -0.25) is 0 Å². The molecule has 1 N–H and O–H groups in total. The number of nitrogens with zero attached hydrogens (tertiary/aromatic N) is 2. The Bertz CT molecular complexity index is 459. The highest BCUT2D eigenvalue weighted by molar-refractivity contribution is 6.30. The molecule has 0 atom stereocenters. The average Bonchev–Trinajstić information content (AvgIpc) is 2.42. The van der Waals surface area contributed by atoms with Gasteiger partial charge in [-0.15, -0.1) is 0 Å². The molecule has 0 bridgehead atoms. The molecule has 1 aliphatic rings. The molecule has 102 valence electrons. The molecule has 0 aliphatic carbocycles. The highest BCUT2D eigenvalue weighted by atomic mass is 35.5. The van der Waals surface area contributed by atoms with Crippen LogP contribution in [0.15, 0.2) is 18.2 Å². The fourth-order valence-corrected chi connectivity index (χ4v) is 2.57. The first-order valence-electron chi connectivity index (χ1n) is 6.85. The largest absolute Gasteiger partial charge is 0.383 e. The summed E-state index contributed by atoms with van der Waals surface area (Å²) in [5.41, 5.74) is 1.48. The van der Waals surface area contributed by atoms with Gasteiger partial charge in [0.1, 0.15) is 6.07 Å². The normalized spacial score (nSPS) is 17.1. The number of nitriles is 1. The number of piperidine rings is 1. The number of benzene rings is 1. The van der Waals surface area contributed by atoms with Crippen molar-refractivity contribution >= 4 is 17.3 Å². The molecule has 2 rings (SSSR count). The minimum Gasteiger partial charge on any atom is -0.383 e. The minimum absolute atomic E-state index is 0.604. The van der Waals surface area contributed by atoms with E-state index < -0.39 is 0 Å². The fourth-order valence-electron chi connectivity index (χ4n) is 2.40. The molecule has 0 unspecified atom stereocenters. The molecule has 0 amide bonds. The number of nitrogens with one attached hydrogen (secondary N) is 1. The Kier molecular flexibility index (Phi) is 5.07. The lowest BCUT2D eigenvalue weighted by atomic mass is 9.99. The van der Waals surface area contributed by atoms with Crippen LogP contribution in [0.25, 0.3) is 0 Å². The number of rotatable bonds is 4. The highest BCUT2D eigenvalue weighted by Gasteiger charge is 2.14. The standard InChI is InChI=1S/C15H20ClN3/c1-12-4-7-19(8-5-12)9-6-18-15-3-2-14(16)10-13(15)11-17/h2-3,10,12,18H,4-9H2,1H3. The minimum atomic E-state index is 0.604. The Balaban J connectivity index is 1.81. The summed E-state index contributed by atoms with van der Waals surface area (Å²) in [6, 6.07) is 7.56. The Morgan fingerprint density at radius 1 is 1.42 bits per heavy atom. The van der Waals surface area contributed by atoms with Crippen molar-refractivity contribution in [3.8, 4) is 6.07 Å². The van der Waals surface area contributed by atoms with Gasteiger partial charge in [0.25, 0.3) is 0 Å². The lowest BCUT2D eigenvalue weighted by molar-refractivity contribution is 0.199. The van der Waals surface area contributed by atoms with Gasteiger partial charge < -0.3 is 10.2 Å². The van der Waals surface area contributed by atoms with E-state index in [4.69, 9.17) is 16.9 Å². The molecule has 0 saturated carbocycles. The van der Waals surface area contributed by atoms with Gasteiger partial charge in [-0.2, -0.15) is 5.26 Å². The second-order valence-corrected chi connectivity index (χ2v) is 5.69. The quantitative estimate of drug-likeness (QED) is 0.917. The van der Waals surface area contributed by atoms with Crippen LogP contribution in [-0.2, 0) is 0 Å². The van der Waals surface area contributed by atoms with Gasteiger partial charge in [0, 0.05) is 18.1 Å². The predicted octanol–water partition coefficient (Wildman–Crippen LogP) is 3.36. The number of hydrogen-bond acceptors (Lipinski definition) is 3. The number of likely N-dealkylation sites (tertiary alicyclic amines) is 1. The van der Waals surface area contributed by atoms with Crippen LogP contribution < -0.4 is 5.32 Å². The van der Waals surface area contributed by atoms with Crippen molar-refractivity contribution in [2.24, 2.45) is 5.92 Å². The summed E-state index contributed by atoms with van der Waals surface area (Å²) in [7, 11) is 0. The van der Waals surface area contributed by atoms with Gasteiger partial charge in [-0.25, -0.2) is 0 Å². The maximum absolute atomic E-state index is 9.06. The van der Waals surface area contributed by atoms with Crippen LogP contribution in [0, 0.1) is 17.2 Å². The zero-order chi connectivity index (χ0) is 13.7. The Labute approximate surface area is 120 Å². The molecular formula is C15H20ClN3. The average molecular weight is 278 g/mol. The van der Waals surface area contributed by atoms with E-state index in [2.05, 4.69) is 23.2 Å². The van der Waals surface area contributed by atoms with E-state index in [1.807, 2.05) is 12.1 Å². The van der Waals surface area contributed by atoms with E-state index in [-0.39, 0.29) is 0 Å². The van der Waals surface area contributed by atoms with Crippen LogP contribution in [0.5, 0.6) is 0 Å². The maximum Gasteiger partial charge on any atom is 0.101 e. The number of anilines is 1. The summed E-state index contributed by atoms with van der Waals surface area (Å²) in [6.45, 7) is 6.59. The maximum atomic E-state index is 9.06. The summed E-state index contributed by atoms with van der Waals surface area (Å²) in [4.78, 5) is 2.48. The Morgan fingerprint density at radius 3 is 2.84 bits per heavy atom. The summed E-state index contributed by atoms with van der Waals surface area (Å²) < 4.78 is 0. The molecule has 4 heteroatoms. The molecule has 1 saturated heterocycles.